The van der Waals surface area contributed by atoms with Crippen LogP contribution in [0.15, 0.2) is 94.6 Å². The molecule has 0 radical (unpaired) electrons. The number of aromatic amines is 1. The Morgan fingerprint density at radius 1 is 0.953 bits per heavy atom. The number of aliphatic hydroxyl groups excluding tert-OH is 1. The van der Waals surface area contributed by atoms with Gasteiger partial charge in [-0.25, -0.2) is 4.79 Å². The van der Waals surface area contributed by atoms with Gasteiger partial charge in [0.25, 0.3) is 5.56 Å². The van der Waals surface area contributed by atoms with Gasteiger partial charge in [0.15, 0.2) is 17.1 Å². The Hall–Kier alpha value is -3.83. The normalized spacial score (nSPS) is 24.7. The van der Waals surface area contributed by atoms with Gasteiger partial charge in [-0.2, -0.15) is 0 Å². The third kappa shape index (κ3) is 4.88. The van der Waals surface area contributed by atoms with Crippen molar-refractivity contribution in [3.8, 4) is 11.5 Å². The summed E-state index contributed by atoms with van der Waals surface area (Å²) in [4.78, 5) is 27.3. The molecule has 2 bridgehead atoms. The second-order valence-electron chi connectivity index (χ2n) is 11.1. The second-order valence-corrected chi connectivity index (χ2v) is 13.3. The Labute approximate surface area is 252 Å². The predicted octanol–water partition coefficient (Wildman–Crippen LogP) is 3.13. The molecule has 6 rings (SSSR count). The number of aliphatic hydroxyl groups is 1. The molecule has 3 aromatic carbocycles. The van der Waals surface area contributed by atoms with E-state index in [-0.39, 0.29) is 22.8 Å². The van der Waals surface area contributed by atoms with Gasteiger partial charge in [0.05, 0.1) is 27.1 Å². The molecule has 0 amide bonds. The van der Waals surface area contributed by atoms with E-state index in [1.165, 1.54) is 10.8 Å². The van der Waals surface area contributed by atoms with Crippen LogP contribution in [0.2, 0.25) is 0 Å². The van der Waals surface area contributed by atoms with E-state index in [4.69, 9.17) is 18.9 Å². The fourth-order valence-corrected chi connectivity index (χ4v) is 8.87. The highest BCUT2D eigenvalue weighted by molar-refractivity contribution is 7.97. The molecule has 10 heteroatoms. The molecule has 2 N–H and O–H groups in total. The van der Waals surface area contributed by atoms with Crippen LogP contribution in [0.25, 0.3) is 0 Å². The molecule has 0 aliphatic carbocycles. The molecule has 2 fully saturated rings. The first-order valence-corrected chi connectivity index (χ1v) is 15.9. The molecule has 224 valence electrons. The smallest absolute Gasteiger partial charge is 0.330 e. The molecular formula is C33H35N2O7S+. The molecule has 5 atom stereocenters. The van der Waals surface area contributed by atoms with Crippen LogP contribution in [0.4, 0.5) is 0 Å². The van der Waals surface area contributed by atoms with E-state index < -0.39 is 34.8 Å². The van der Waals surface area contributed by atoms with Gasteiger partial charge in [-0.3, -0.25) is 14.3 Å². The lowest BCUT2D eigenvalue weighted by molar-refractivity contribution is -0.149. The predicted molar refractivity (Wildman–Crippen MR) is 165 cm³/mol. The number of rotatable bonds is 9. The average molecular weight is 604 g/mol. The highest BCUT2D eigenvalue weighted by Crippen LogP contribution is 2.50. The van der Waals surface area contributed by atoms with E-state index in [1.54, 1.807) is 21.1 Å². The van der Waals surface area contributed by atoms with Crippen molar-refractivity contribution in [2.75, 3.05) is 32.8 Å². The average Bonchev–Trinajstić information content (AvgIpc) is 3.45. The summed E-state index contributed by atoms with van der Waals surface area (Å²) in [5.74, 6) is 2.00. The van der Waals surface area contributed by atoms with E-state index in [0.29, 0.717) is 22.8 Å². The summed E-state index contributed by atoms with van der Waals surface area (Å²) in [5.41, 5.74) is -0.160. The van der Waals surface area contributed by atoms with Gasteiger partial charge in [-0.15, -0.1) is 0 Å². The minimum absolute atomic E-state index is 0.0442. The van der Waals surface area contributed by atoms with E-state index in [9.17, 15) is 14.7 Å². The summed E-state index contributed by atoms with van der Waals surface area (Å²) in [6.07, 6.45) is 1.96. The molecule has 4 aromatic rings. The van der Waals surface area contributed by atoms with E-state index in [1.807, 2.05) is 78.9 Å². The molecule has 3 heterocycles. The number of benzene rings is 3. The lowest BCUT2D eigenvalue weighted by atomic mass is 9.79. The molecule has 0 spiro atoms. The number of hydrogen-bond donors (Lipinski definition) is 2. The number of aromatic nitrogens is 2. The van der Waals surface area contributed by atoms with Crippen molar-refractivity contribution < 1.29 is 24.1 Å². The highest BCUT2D eigenvalue weighted by Gasteiger charge is 2.70. The third-order valence-corrected chi connectivity index (χ3v) is 10.9. The van der Waals surface area contributed by atoms with Crippen LogP contribution in [0.3, 0.4) is 0 Å². The van der Waals surface area contributed by atoms with Crippen molar-refractivity contribution >= 4 is 10.9 Å². The minimum Gasteiger partial charge on any atom is -0.497 e. The Morgan fingerprint density at radius 3 is 2.07 bits per heavy atom. The standard InChI is InChI=1S/C33H34N2O7S/c1-21-18-35(31(38)34-29(21)37)30-27-28(36)32(42-30,20-43(27)4)19-41-33(22-8-6-5-7-9-22,23-10-14-25(39-2)15-11-23)24-12-16-26(40-3)17-13-24/h5-18,27-28,30,36H,19-20H2,1-4H3/p+1/t27-,28+,30-,32+,43?/m1/s1. The molecule has 1 aromatic heterocycles. The van der Waals surface area contributed by atoms with Gasteiger partial charge in [-0.1, -0.05) is 54.6 Å². The number of aryl methyl sites for hydroxylation is 1. The van der Waals surface area contributed by atoms with Crippen molar-refractivity contribution in [3.63, 3.8) is 0 Å². The quantitative estimate of drug-likeness (QED) is 0.223. The first-order valence-electron chi connectivity index (χ1n) is 14.0. The van der Waals surface area contributed by atoms with Gasteiger partial charge >= 0.3 is 5.69 Å². The number of nitrogens with zero attached hydrogens (tertiary/aromatic N) is 1. The summed E-state index contributed by atoms with van der Waals surface area (Å²) in [7, 11) is 2.96. The summed E-state index contributed by atoms with van der Waals surface area (Å²) < 4.78 is 26.0. The zero-order chi connectivity index (χ0) is 30.4. The lowest BCUT2D eigenvalue weighted by Crippen LogP contribution is -2.49. The lowest BCUT2D eigenvalue weighted by Gasteiger charge is -2.39. The molecule has 2 aliphatic heterocycles. The van der Waals surface area contributed by atoms with E-state index >= 15 is 0 Å². The Balaban J connectivity index is 1.46. The van der Waals surface area contributed by atoms with Crippen molar-refractivity contribution in [3.05, 3.63) is 128 Å². The SMILES string of the molecule is COc1ccc(C(OC[C@@]23C[S+](C)[C@@H]([C@H](n4cc(C)c(=O)[nH]c4=O)O2)[C@@H]3O)(c2ccccc2)c2ccc(OC)cc2)cc1. The largest absolute Gasteiger partial charge is 0.497 e. The van der Waals surface area contributed by atoms with Crippen LogP contribution in [-0.2, 0) is 26.0 Å². The molecule has 0 saturated carbocycles. The number of nitrogens with one attached hydrogen (secondary N) is 1. The van der Waals surface area contributed by atoms with Gasteiger partial charge in [0, 0.05) is 11.8 Å². The van der Waals surface area contributed by atoms with Crippen molar-refractivity contribution in [2.24, 2.45) is 0 Å². The fourth-order valence-electron chi connectivity index (χ4n) is 6.31. The monoisotopic (exact) mass is 603 g/mol. The number of ether oxygens (including phenoxy) is 4. The van der Waals surface area contributed by atoms with Crippen molar-refractivity contribution in [1.82, 2.24) is 9.55 Å². The number of methoxy groups -OCH3 is 2. The molecule has 9 nitrogen and oxygen atoms in total. The van der Waals surface area contributed by atoms with Gasteiger partial charge in [-0.05, 0) is 58.8 Å². The van der Waals surface area contributed by atoms with Crippen molar-refractivity contribution in [1.29, 1.82) is 0 Å². The molecule has 2 aliphatic rings. The van der Waals surface area contributed by atoms with Crippen LogP contribution in [-0.4, -0.2) is 64.4 Å². The molecule has 43 heavy (non-hydrogen) atoms. The van der Waals surface area contributed by atoms with Gasteiger partial charge < -0.3 is 24.1 Å². The summed E-state index contributed by atoms with van der Waals surface area (Å²) in [6.45, 7) is 1.68. The van der Waals surface area contributed by atoms with Gasteiger partial charge in [0.2, 0.25) is 0 Å². The van der Waals surface area contributed by atoms with E-state index in [0.717, 1.165) is 16.7 Å². The Kier molecular flexibility index (Phi) is 7.72. The maximum Gasteiger partial charge on any atom is 0.330 e. The zero-order valence-electron chi connectivity index (χ0n) is 24.5. The molecular weight excluding hydrogens is 568 g/mol. The summed E-state index contributed by atoms with van der Waals surface area (Å²) in [5, 5.41) is 11.4. The van der Waals surface area contributed by atoms with Gasteiger partial charge in [0.1, 0.15) is 29.0 Å². The Bertz CT molecular complexity index is 1660. The molecule has 2 saturated heterocycles. The topological polar surface area (TPSA) is 112 Å². The zero-order valence-corrected chi connectivity index (χ0v) is 25.3. The van der Waals surface area contributed by atoms with E-state index in [2.05, 4.69) is 11.2 Å². The maximum absolute atomic E-state index is 12.8. The number of hydrogen-bond acceptors (Lipinski definition) is 7. The van der Waals surface area contributed by atoms with Crippen LogP contribution in [0.5, 0.6) is 11.5 Å². The Morgan fingerprint density at radius 2 is 1.51 bits per heavy atom. The maximum atomic E-state index is 12.8. The second kappa shape index (κ2) is 11.3. The summed E-state index contributed by atoms with van der Waals surface area (Å²) in [6, 6.07) is 25.4. The van der Waals surface area contributed by atoms with Crippen LogP contribution in [0, 0.1) is 6.92 Å². The van der Waals surface area contributed by atoms with Crippen LogP contribution >= 0.6 is 0 Å². The fraction of sp³-hybridized carbons (Fsp3) is 0.333. The first-order chi connectivity index (χ1) is 20.7. The van der Waals surface area contributed by atoms with Crippen molar-refractivity contribution in [2.45, 2.75) is 35.7 Å². The molecule has 1 unspecified atom stereocenters. The minimum atomic E-state index is -1.09. The number of fused-ring (bicyclic) bond motifs is 2. The third-order valence-electron chi connectivity index (χ3n) is 8.55. The summed E-state index contributed by atoms with van der Waals surface area (Å²) >= 11 is 0. The number of H-pyrrole nitrogens is 1. The van der Waals surface area contributed by atoms with Crippen LogP contribution in [0.1, 0.15) is 28.5 Å². The van der Waals surface area contributed by atoms with Crippen LogP contribution < -0.4 is 20.7 Å². The highest BCUT2D eigenvalue weighted by atomic mass is 32.2. The first kappa shape index (κ1) is 29.3.